The Morgan fingerprint density at radius 3 is 2.47 bits per heavy atom. The van der Waals surface area contributed by atoms with E-state index < -0.39 is 44.1 Å². The van der Waals surface area contributed by atoms with Gasteiger partial charge in [-0.25, -0.2) is 4.79 Å². The summed E-state index contributed by atoms with van der Waals surface area (Å²) in [4.78, 5) is 31.4. The third-order valence-electron chi connectivity index (χ3n) is 1.66. The van der Waals surface area contributed by atoms with Crippen LogP contribution >= 0.6 is 7.82 Å². The van der Waals surface area contributed by atoms with Crippen molar-refractivity contribution in [2.45, 2.75) is 12.2 Å². The zero-order valence-electron chi connectivity index (χ0n) is 8.31. The van der Waals surface area contributed by atoms with Crippen molar-refractivity contribution < 1.29 is 43.7 Å². The standard InChI is InChI=1S/C6H9O9P.Mg/c7-1-2(8)4-3(9)5(6(10)14-4)15-16(11,12)13;/h2,4,7-9H,1H2,(H2,11,12,13);/q;+2/p-2/t2?,4-;/m1./s1. The molecule has 0 spiro atoms. The quantitative estimate of drug-likeness (QED) is 0.269. The molecule has 17 heavy (non-hydrogen) atoms. The van der Waals surface area contributed by atoms with Crippen molar-refractivity contribution in [2.24, 2.45) is 0 Å². The summed E-state index contributed by atoms with van der Waals surface area (Å²) in [5.41, 5.74) is 0. The molecule has 1 unspecified atom stereocenters. The van der Waals surface area contributed by atoms with Gasteiger partial charge in [-0.2, -0.15) is 0 Å². The summed E-state index contributed by atoms with van der Waals surface area (Å²) < 4.78 is 18.2. The Labute approximate surface area is 111 Å². The normalized spacial score (nSPS) is 21.9. The maximum absolute atomic E-state index is 10.9. The molecular formula is C6H7MgO9P. The summed E-state index contributed by atoms with van der Waals surface area (Å²) in [5, 5.41) is 26.8. The van der Waals surface area contributed by atoms with Gasteiger partial charge in [-0.1, -0.05) is 0 Å². The first kappa shape index (κ1) is 16.6. The molecule has 1 heterocycles. The molecule has 92 valence electrons. The molecule has 0 aromatic carbocycles. The van der Waals surface area contributed by atoms with Crippen molar-refractivity contribution in [3.05, 3.63) is 11.5 Å². The van der Waals surface area contributed by atoms with Crippen LogP contribution in [-0.4, -0.2) is 63.2 Å². The predicted molar refractivity (Wildman–Crippen MR) is 47.1 cm³/mol. The molecule has 0 aromatic heterocycles. The summed E-state index contributed by atoms with van der Waals surface area (Å²) in [6, 6.07) is 0. The number of aliphatic hydroxyl groups excluding tert-OH is 3. The second kappa shape index (κ2) is 6.00. The molecule has 0 radical (unpaired) electrons. The zero-order chi connectivity index (χ0) is 12.5. The fourth-order valence-electron chi connectivity index (χ4n) is 1.01. The molecule has 1 rings (SSSR count). The number of aliphatic hydroxyl groups is 3. The molecule has 0 fully saturated rings. The molecule has 0 amide bonds. The predicted octanol–water partition coefficient (Wildman–Crippen LogP) is -3.50. The molecule has 1 aliphatic heterocycles. The van der Waals surface area contributed by atoms with Crippen molar-refractivity contribution >= 4 is 36.8 Å². The monoisotopic (exact) mass is 278 g/mol. The number of hydrogen-bond donors (Lipinski definition) is 3. The molecule has 3 N–H and O–H groups in total. The van der Waals surface area contributed by atoms with Gasteiger partial charge in [-0.15, -0.1) is 0 Å². The van der Waals surface area contributed by atoms with Gasteiger partial charge >= 0.3 is 29.0 Å². The molecule has 1 aliphatic rings. The Hall–Kier alpha value is -0.354. The molecular weight excluding hydrogens is 271 g/mol. The SMILES string of the molecule is O=C1O[C@H](C(O)CO)C(O)=C1OP(=O)([O-])[O-].[Mg+2]. The smallest absolute Gasteiger partial charge is 0.780 e. The van der Waals surface area contributed by atoms with E-state index in [1.54, 1.807) is 0 Å². The number of rotatable bonds is 4. The summed E-state index contributed by atoms with van der Waals surface area (Å²) in [6.45, 7) is -0.846. The topological polar surface area (TPSA) is 159 Å². The third kappa shape index (κ3) is 4.10. The molecule has 9 nitrogen and oxygen atoms in total. The van der Waals surface area contributed by atoms with Crippen LogP contribution in [0.4, 0.5) is 0 Å². The molecule has 11 heteroatoms. The van der Waals surface area contributed by atoms with Gasteiger partial charge in [0.1, 0.15) is 13.9 Å². The van der Waals surface area contributed by atoms with Crippen molar-refractivity contribution in [1.82, 2.24) is 0 Å². The van der Waals surface area contributed by atoms with Gasteiger partial charge in [-0.05, 0) is 0 Å². The minimum atomic E-state index is -5.52. The van der Waals surface area contributed by atoms with Crippen molar-refractivity contribution in [3.8, 4) is 0 Å². The second-order valence-electron chi connectivity index (χ2n) is 2.83. The number of carbonyl (C=O) groups is 1. The fraction of sp³-hybridized carbons (Fsp3) is 0.500. The summed E-state index contributed by atoms with van der Waals surface area (Å²) in [6.07, 6.45) is -3.30. The Morgan fingerprint density at radius 1 is 1.53 bits per heavy atom. The number of phosphoric ester groups is 1. The van der Waals surface area contributed by atoms with Crippen molar-refractivity contribution in [3.63, 3.8) is 0 Å². The Kier molecular flexibility index (Phi) is 5.88. The van der Waals surface area contributed by atoms with Gasteiger partial charge < -0.3 is 38.9 Å². The van der Waals surface area contributed by atoms with Crippen LogP contribution in [0.2, 0.25) is 0 Å². The molecule has 0 bridgehead atoms. The summed E-state index contributed by atoms with van der Waals surface area (Å²) in [7, 11) is -5.52. The third-order valence-corrected chi connectivity index (χ3v) is 2.07. The number of carbonyl (C=O) groups excluding carboxylic acids is 1. The first-order valence-electron chi connectivity index (χ1n) is 3.91. The average molecular weight is 278 g/mol. The second-order valence-corrected chi connectivity index (χ2v) is 3.91. The Morgan fingerprint density at radius 2 is 2.06 bits per heavy atom. The van der Waals surface area contributed by atoms with Crippen LogP contribution in [0.25, 0.3) is 0 Å². The van der Waals surface area contributed by atoms with E-state index in [4.69, 9.17) is 10.2 Å². The van der Waals surface area contributed by atoms with Gasteiger partial charge in [0.25, 0.3) is 5.76 Å². The van der Waals surface area contributed by atoms with Crippen LogP contribution in [0.15, 0.2) is 11.5 Å². The van der Waals surface area contributed by atoms with E-state index in [9.17, 15) is 24.3 Å². The van der Waals surface area contributed by atoms with Gasteiger partial charge in [0.05, 0.1) is 6.61 Å². The van der Waals surface area contributed by atoms with Crippen LogP contribution in [0, 0.1) is 0 Å². The van der Waals surface area contributed by atoms with Gasteiger partial charge in [-0.3, -0.25) is 0 Å². The van der Waals surface area contributed by atoms with Crippen LogP contribution in [0.5, 0.6) is 0 Å². The van der Waals surface area contributed by atoms with Gasteiger partial charge in [0, 0.05) is 0 Å². The van der Waals surface area contributed by atoms with E-state index in [1.165, 1.54) is 0 Å². The molecule has 2 atom stereocenters. The van der Waals surface area contributed by atoms with Crippen molar-refractivity contribution in [2.75, 3.05) is 6.61 Å². The summed E-state index contributed by atoms with van der Waals surface area (Å²) in [5.74, 6) is -3.67. The van der Waals surface area contributed by atoms with E-state index >= 15 is 0 Å². The average Bonchev–Trinajstić information content (AvgIpc) is 2.42. The molecule has 0 saturated carbocycles. The summed E-state index contributed by atoms with van der Waals surface area (Å²) >= 11 is 0. The van der Waals surface area contributed by atoms with Gasteiger partial charge in [0.2, 0.25) is 0 Å². The number of ether oxygens (including phenoxy) is 1. The number of phosphoric acid groups is 1. The largest absolute Gasteiger partial charge is 2.00 e. The van der Waals surface area contributed by atoms with Crippen LogP contribution < -0.4 is 9.79 Å². The first-order chi connectivity index (χ1) is 7.26. The van der Waals surface area contributed by atoms with Crippen molar-refractivity contribution in [1.29, 1.82) is 0 Å². The number of esters is 1. The number of cyclic esters (lactones) is 1. The van der Waals surface area contributed by atoms with Crippen LogP contribution in [0.3, 0.4) is 0 Å². The maximum Gasteiger partial charge on any atom is 2.00 e. The van der Waals surface area contributed by atoms with Gasteiger partial charge in [0.15, 0.2) is 11.9 Å². The fourth-order valence-corrected chi connectivity index (χ4v) is 1.40. The van der Waals surface area contributed by atoms with E-state index in [2.05, 4.69) is 9.26 Å². The first-order valence-corrected chi connectivity index (χ1v) is 5.37. The van der Waals surface area contributed by atoms with E-state index in [1.807, 2.05) is 0 Å². The van der Waals surface area contributed by atoms with Crippen LogP contribution in [0.1, 0.15) is 0 Å². The van der Waals surface area contributed by atoms with E-state index in [-0.39, 0.29) is 23.1 Å². The maximum atomic E-state index is 10.9. The zero-order valence-corrected chi connectivity index (χ0v) is 10.6. The van der Waals surface area contributed by atoms with E-state index in [0.29, 0.717) is 0 Å². The Balaban J connectivity index is 0.00000256. The van der Waals surface area contributed by atoms with Crippen LogP contribution in [-0.2, 0) is 18.6 Å². The molecule has 0 aliphatic carbocycles. The minimum absolute atomic E-state index is 0. The number of hydrogen-bond acceptors (Lipinski definition) is 9. The van der Waals surface area contributed by atoms with E-state index in [0.717, 1.165) is 0 Å². The molecule has 0 saturated heterocycles. The minimum Gasteiger partial charge on any atom is -0.780 e. The Bertz CT molecular complexity index is 374. The molecule has 0 aromatic rings.